The Morgan fingerprint density at radius 2 is 2.43 bits per heavy atom. The van der Waals surface area contributed by atoms with Crippen molar-refractivity contribution in [2.24, 2.45) is 0 Å². The van der Waals surface area contributed by atoms with Gasteiger partial charge < -0.3 is 1.43 Å². The molecule has 0 atom stereocenters. The SMILES string of the molecule is CC1=CC=CC1.[H-].[Li+]. The minimum atomic E-state index is 0. The van der Waals surface area contributed by atoms with E-state index in [0.717, 1.165) is 0 Å². The van der Waals surface area contributed by atoms with E-state index in [1.807, 2.05) is 0 Å². The Kier molecular flexibility index (Phi) is 3.16. The molecule has 0 aromatic heterocycles. The van der Waals surface area contributed by atoms with Crippen molar-refractivity contribution in [1.82, 2.24) is 0 Å². The molecule has 0 fully saturated rings. The predicted molar refractivity (Wildman–Crippen MR) is 28.6 cm³/mol. The quantitative estimate of drug-likeness (QED) is 0.333. The zero-order chi connectivity index (χ0) is 4.41. The van der Waals surface area contributed by atoms with Gasteiger partial charge in [-0.1, -0.05) is 23.8 Å². The van der Waals surface area contributed by atoms with Crippen molar-refractivity contribution in [2.75, 3.05) is 0 Å². The number of hydrogen-bond donors (Lipinski definition) is 0. The average molecular weight is 88.1 g/mol. The molecule has 1 aliphatic carbocycles. The van der Waals surface area contributed by atoms with Crippen LogP contribution in [0.3, 0.4) is 0 Å². The Labute approximate surface area is 58.0 Å². The summed E-state index contributed by atoms with van der Waals surface area (Å²) in [7, 11) is 0. The van der Waals surface area contributed by atoms with Crippen LogP contribution in [0.25, 0.3) is 0 Å². The molecule has 0 unspecified atom stereocenters. The number of hydrogen-bond acceptors (Lipinski definition) is 0. The van der Waals surface area contributed by atoms with Gasteiger partial charge in [-0.05, 0) is 13.3 Å². The van der Waals surface area contributed by atoms with E-state index in [1.165, 1.54) is 12.0 Å². The average Bonchev–Trinajstić information content (AvgIpc) is 1.86. The van der Waals surface area contributed by atoms with Crippen molar-refractivity contribution in [2.45, 2.75) is 13.3 Å². The molecule has 1 heteroatoms. The first-order chi connectivity index (χ1) is 2.89. The maximum absolute atomic E-state index is 2.16. The van der Waals surface area contributed by atoms with Gasteiger partial charge in [0.1, 0.15) is 0 Å². The molecule has 0 aliphatic heterocycles. The third-order valence-corrected chi connectivity index (χ3v) is 0.957. The Morgan fingerprint density at radius 3 is 2.57 bits per heavy atom. The Hall–Kier alpha value is 0.0774. The standard InChI is InChI=1S/C6H8.Li.H/c1-6-4-2-3-5-6;;/h2-4H,5H2,1H3;;/q;+1;-1. The molecule has 0 nitrogen and oxygen atoms in total. The molecule has 7 heavy (non-hydrogen) atoms. The van der Waals surface area contributed by atoms with E-state index in [9.17, 15) is 0 Å². The van der Waals surface area contributed by atoms with Crippen molar-refractivity contribution < 1.29 is 20.3 Å². The number of rotatable bonds is 0. The van der Waals surface area contributed by atoms with E-state index in [0.29, 0.717) is 0 Å². The summed E-state index contributed by atoms with van der Waals surface area (Å²) in [5.74, 6) is 0. The second-order valence-corrected chi connectivity index (χ2v) is 1.65. The molecule has 0 bridgehead atoms. The molecule has 0 N–H and O–H groups in total. The van der Waals surface area contributed by atoms with Gasteiger partial charge in [-0.3, -0.25) is 0 Å². The largest absolute Gasteiger partial charge is 1.00 e. The van der Waals surface area contributed by atoms with E-state index in [-0.39, 0.29) is 20.3 Å². The maximum Gasteiger partial charge on any atom is 1.00 e. The van der Waals surface area contributed by atoms with Crippen LogP contribution in [0.1, 0.15) is 14.8 Å². The molecule has 0 heterocycles. The van der Waals surface area contributed by atoms with Crippen LogP contribution in [-0.4, -0.2) is 0 Å². The summed E-state index contributed by atoms with van der Waals surface area (Å²) in [5, 5.41) is 0. The Balaban J connectivity index is 0. The minimum Gasteiger partial charge on any atom is -1.00 e. The summed E-state index contributed by atoms with van der Waals surface area (Å²) in [6.45, 7) is 2.14. The molecule has 0 amide bonds. The molecule has 1 rings (SSSR count). The second-order valence-electron chi connectivity index (χ2n) is 1.65. The molecular weight excluding hydrogens is 79.0 g/mol. The first kappa shape index (κ1) is 7.08. The van der Waals surface area contributed by atoms with Gasteiger partial charge >= 0.3 is 18.9 Å². The number of allylic oxidation sites excluding steroid dienone is 4. The minimum absolute atomic E-state index is 0. The molecule has 0 spiro atoms. The van der Waals surface area contributed by atoms with E-state index in [1.54, 1.807) is 0 Å². The van der Waals surface area contributed by atoms with E-state index in [4.69, 9.17) is 0 Å². The van der Waals surface area contributed by atoms with Crippen LogP contribution in [0.4, 0.5) is 0 Å². The van der Waals surface area contributed by atoms with Crippen LogP contribution in [0, 0.1) is 0 Å². The first-order valence-electron chi connectivity index (χ1n) is 2.22. The van der Waals surface area contributed by atoms with Crippen molar-refractivity contribution in [3.63, 3.8) is 0 Å². The van der Waals surface area contributed by atoms with Gasteiger partial charge in [0.15, 0.2) is 0 Å². The first-order valence-corrected chi connectivity index (χ1v) is 2.22. The van der Waals surface area contributed by atoms with Gasteiger partial charge in [-0.15, -0.1) is 0 Å². The molecule has 34 valence electrons. The van der Waals surface area contributed by atoms with Gasteiger partial charge in [0.05, 0.1) is 0 Å². The van der Waals surface area contributed by atoms with Gasteiger partial charge in [-0.2, -0.15) is 0 Å². The maximum atomic E-state index is 2.16. The van der Waals surface area contributed by atoms with Crippen molar-refractivity contribution in [3.05, 3.63) is 23.8 Å². The molecule has 1 aliphatic rings. The van der Waals surface area contributed by atoms with Crippen LogP contribution < -0.4 is 18.9 Å². The summed E-state index contributed by atoms with van der Waals surface area (Å²) >= 11 is 0. The molecule has 0 radical (unpaired) electrons. The van der Waals surface area contributed by atoms with Crippen LogP contribution in [-0.2, 0) is 0 Å². The monoisotopic (exact) mass is 88.1 g/mol. The summed E-state index contributed by atoms with van der Waals surface area (Å²) in [4.78, 5) is 0. The summed E-state index contributed by atoms with van der Waals surface area (Å²) in [5.41, 5.74) is 1.47. The molecular formula is C6H9Li. The zero-order valence-corrected chi connectivity index (χ0v) is 4.94. The second kappa shape index (κ2) is 3.13. The van der Waals surface area contributed by atoms with Gasteiger partial charge in [0.25, 0.3) is 0 Å². The summed E-state index contributed by atoms with van der Waals surface area (Å²) < 4.78 is 0. The van der Waals surface area contributed by atoms with Gasteiger partial charge in [0, 0.05) is 0 Å². The normalized spacial score (nSPS) is 15.9. The van der Waals surface area contributed by atoms with Crippen LogP contribution in [0.2, 0.25) is 0 Å². The van der Waals surface area contributed by atoms with Crippen LogP contribution in [0.15, 0.2) is 23.8 Å². The fraction of sp³-hybridized carbons (Fsp3) is 0.333. The topological polar surface area (TPSA) is 0 Å². The van der Waals surface area contributed by atoms with Crippen LogP contribution >= 0.6 is 0 Å². The zero-order valence-electron chi connectivity index (χ0n) is 5.94. The fourth-order valence-corrected chi connectivity index (χ4v) is 0.554. The molecule has 0 saturated carbocycles. The molecule has 0 saturated heterocycles. The van der Waals surface area contributed by atoms with E-state index >= 15 is 0 Å². The fourth-order valence-electron chi connectivity index (χ4n) is 0.554. The van der Waals surface area contributed by atoms with Crippen molar-refractivity contribution in [1.29, 1.82) is 0 Å². The summed E-state index contributed by atoms with van der Waals surface area (Å²) in [6, 6.07) is 0. The van der Waals surface area contributed by atoms with Crippen molar-refractivity contribution in [3.8, 4) is 0 Å². The van der Waals surface area contributed by atoms with Gasteiger partial charge in [-0.25, -0.2) is 0 Å². The predicted octanol–water partition coefficient (Wildman–Crippen LogP) is -0.991. The van der Waals surface area contributed by atoms with Crippen molar-refractivity contribution >= 4 is 0 Å². The van der Waals surface area contributed by atoms with E-state index < -0.39 is 0 Å². The smallest absolute Gasteiger partial charge is 1.00 e. The Morgan fingerprint density at radius 1 is 1.71 bits per heavy atom. The van der Waals surface area contributed by atoms with Crippen LogP contribution in [0.5, 0.6) is 0 Å². The molecule has 0 aromatic carbocycles. The third kappa shape index (κ3) is 2.02. The van der Waals surface area contributed by atoms with Gasteiger partial charge in [0.2, 0.25) is 0 Å². The third-order valence-electron chi connectivity index (χ3n) is 0.957. The summed E-state index contributed by atoms with van der Waals surface area (Å²) in [6.07, 6.45) is 7.56. The van der Waals surface area contributed by atoms with E-state index in [2.05, 4.69) is 25.2 Å². The molecule has 0 aromatic rings. The Bertz CT molecular complexity index is 105.